The number of hydrogen-bond acceptors (Lipinski definition) is 4. The number of hydrogen-bond donors (Lipinski definition) is 1. The van der Waals surface area contributed by atoms with E-state index in [1.54, 1.807) is 12.3 Å². The molecule has 1 N–H and O–H groups in total. The third kappa shape index (κ3) is 2.73. The molecule has 0 bridgehead atoms. The monoisotopic (exact) mass is 276 g/mol. The molecule has 0 saturated carbocycles. The maximum atomic E-state index is 13.4. The molecule has 0 aliphatic carbocycles. The Morgan fingerprint density at radius 1 is 1.50 bits per heavy atom. The molecule has 0 amide bonds. The second-order valence-electron chi connectivity index (χ2n) is 5.25. The first-order chi connectivity index (χ1) is 9.61. The molecule has 0 spiro atoms. The van der Waals surface area contributed by atoms with Crippen LogP contribution in [-0.2, 0) is 6.54 Å². The van der Waals surface area contributed by atoms with Crippen molar-refractivity contribution in [2.24, 2.45) is 0 Å². The molecular formula is C15H17FN2O2. The predicted octanol–water partition coefficient (Wildman–Crippen LogP) is 2.43. The average molecular weight is 276 g/mol. The number of halogens is 1. The fourth-order valence-electron chi connectivity index (χ4n) is 2.76. The van der Waals surface area contributed by atoms with Gasteiger partial charge in [0.25, 0.3) is 0 Å². The number of β-amino-alcohol motifs (C(OH)–C–C–N with tert-alkyl or cyclic N) is 1. The van der Waals surface area contributed by atoms with E-state index in [1.807, 2.05) is 13.0 Å². The van der Waals surface area contributed by atoms with Gasteiger partial charge in [-0.2, -0.15) is 0 Å². The zero-order valence-corrected chi connectivity index (χ0v) is 11.3. The third-order valence-electron chi connectivity index (χ3n) is 3.62. The summed E-state index contributed by atoms with van der Waals surface area (Å²) in [5.74, 6) is 1.14. The van der Waals surface area contributed by atoms with Gasteiger partial charge >= 0.3 is 0 Å². The van der Waals surface area contributed by atoms with Gasteiger partial charge < -0.3 is 9.52 Å². The summed E-state index contributed by atoms with van der Waals surface area (Å²) < 4.78 is 18.8. The van der Waals surface area contributed by atoms with Crippen LogP contribution in [0.4, 0.5) is 4.39 Å². The summed E-state index contributed by atoms with van der Waals surface area (Å²) in [5, 5.41) is 9.90. The number of aliphatic hydroxyl groups is 1. The average Bonchev–Trinajstić information content (AvgIpc) is 2.96. The molecule has 1 saturated heterocycles. The SMILES string of the molecule is Cc1cnc(CN2C[C@@H](O)C[C@H]2c2cccc(F)c2)o1. The topological polar surface area (TPSA) is 49.5 Å². The Labute approximate surface area is 116 Å². The Kier molecular flexibility index (Phi) is 3.54. The number of aliphatic hydroxyl groups excluding tert-OH is 1. The summed E-state index contributed by atoms with van der Waals surface area (Å²) >= 11 is 0. The van der Waals surface area contributed by atoms with E-state index in [0.29, 0.717) is 25.4 Å². The molecule has 1 aliphatic heterocycles. The second-order valence-corrected chi connectivity index (χ2v) is 5.25. The third-order valence-corrected chi connectivity index (χ3v) is 3.62. The van der Waals surface area contributed by atoms with Crippen LogP contribution in [0.5, 0.6) is 0 Å². The molecule has 2 heterocycles. The van der Waals surface area contributed by atoms with Gasteiger partial charge in [-0.1, -0.05) is 12.1 Å². The smallest absolute Gasteiger partial charge is 0.208 e. The number of oxazole rings is 1. The van der Waals surface area contributed by atoms with Crippen molar-refractivity contribution in [3.05, 3.63) is 53.5 Å². The predicted molar refractivity (Wildman–Crippen MR) is 71.4 cm³/mol. The summed E-state index contributed by atoms with van der Waals surface area (Å²) in [6.45, 7) is 2.91. The number of aromatic nitrogens is 1. The zero-order chi connectivity index (χ0) is 14.1. The highest BCUT2D eigenvalue weighted by Gasteiger charge is 2.32. The van der Waals surface area contributed by atoms with Gasteiger partial charge in [-0.25, -0.2) is 9.37 Å². The van der Waals surface area contributed by atoms with Crippen molar-refractivity contribution in [3.8, 4) is 0 Å². The van der Waals surface area contributed by atoms with Gasteiger partial charge in [0.05, 0.1) is 18.8 Å². The lowest BCUT2D eigenvalue weighted by Gasteiger charge is -2.22. The molecule has 0 radical (unpaired) electrons. The van der Waals surface area contributed by atoms with Crippen LogP contribution in [-0.4, -0.2) is 27.6 Å². The number of rotatable bonds is 3. The Hall–Kier alpha value is -1.72. The van der Waals surface area contributed by atoms with E-state index in [2.05, 4.69) is 9.88 Å². The summed E-state index contributed by atoms with van der Waals surface area (Å²) in [5.41, 5.74) is 0.879. The quantitative estimate of drug-likeness (QED) is 0.935. The number of nitrogens with zero attached hydrogens (tertiary/aromatic N) is 2. The first-order valence-electron chi connectivity index (χ1n) is 6.70. The van der Waals surface area contributed by atoms with Gasteiger partial charge in [0.1, 0.15) is 11.6 Å². The van der Waals surface area contributed by atoms with E-state index in [1.165, 1.54) is 12.1 Å². The Balaban J connectivity index is 1.81. The van der Waals surface area contributed by atoms with E-state index in [4.69, 9.17) is 4.42 Å². The van der Waals surface area contributed by atoms with Gasteiger partial charge in [-0.05, 0) is 31.0 Å². The first kappa shape index (κ1) is 13.3. The minimum Gasteiger partial charge on any atom is -0.445 e. The van der Waals surface area contributed by atoms with E-state index >= 15 is 0 Å². The molecule has 1 aliphatic rings. The summed E-state index contributed by atoms with van der Waals surface area (Å²) in [4.78, 5) is 6.26. The fourth-order valence-corrected chi connectivity index (χ4v) is 2.76. The van der Waals surface area contributed by atoms with Gasteiger partial charge in [0, 0.05) is 12.6 Å². The first-order valence-corrected chi connectivity index (χ1v) is 6.70. The molecule has 4 nitrogen and oxygen atoms in total. The van der Waals surface area contributed by atoms with Crippen LogP contribution >= 0.6 is 0 Å². The van der Waals surface area contributed by atoms with Crippen LogP contribution in [0.3, 0.4) is 0 Å². The Bertz CT molecular complexity index is 599. The van der Waals surface area contributed by atoms with Crippen LogP contribution in [0.1, 0.15) is 29.7 Å². The van der Waals surface area contributed by atoms with Gasteiger partial charge in [0.2, 0.25) is 5.89 Å². The van der Waals surface area contributed by atoms with Crippen molar-refractivity contribution in [1.29, 1.82) is 0 Å². The van der Waals surface area contributed by atoms with E-state index < -0.39 is 6.10 Å². The zero-order valence-electron chi connectivity index (χ0n) is 11.3. The summed E-state index contributed by atoms with van der Waals surface area (Å²) in [7, 11) is 0. The van der Waals surface area contributed by atoms with Crippen molar-refractivity contribution >= 4 is 0 Å². The molecule has 5 heteroatoms. The molecule has 1 aromatic heterocycles. The van der Waals surface area contributed by atoms with Crippen LogP contribution in [0.15, 0.2) is 34.9 Å². The normalized spacial score (nSPS) is 23.4. The lowest BCUT2D eigenvalue weighted by molar-refractivity contribution is 0.167. The van der Waals surface area contributed by atoms with Crippen LogP contribution in [0.25, 0.3) is 0 Å². The van der Waals surface area contributed by atoms with Crippen molar-refractivity contribution in [2.75, 3.05) is 6.54 Å². The molecule has 3 rings (SSSR count). The van der Waals surface area contributed by atoms with Crippen molar-refractivity contribution in [2.45, 2.75) is 32.0 Å². The Morgan fingerprint density at radius 3 is 3.05 bits per heavy atom. The van der Waals surface area contributed by atoms with Crippen molar-refractivity contribution in [3.63, 3.8) is 0 Å². The molecule has 1 aromatic carbocycles. The van der Waals surface area contributed by atoms with Crippen LogP contribution in [0, 0.1) is 12.7 Å². The van der Waals surface area contributed by atoms with E-state index in [9.17, 15) is 9.50 Å². The van der Waals surface area contributed by atoms with Gasteiger partial charge in [-0.3, -0.25) is 4.90 Å². The number of benzene rings is 1. The second kappa shape index (κ2) is 5.34. The van der Waals surface area contributed by atoms with Crippen molar-refractivity contribution in [1.82, 2.24) is 9.88 Å². The molecule has 2 atom stereocenters. The largest absolute Gasteiger partial charge is 0.445 e. The number of aryl methyl sites for hydroxylation is 1. The molecule has 2 aromatic rings. The highest BCUT2D eigenvalue weighted by Crippen LogP contribution is 2.33. The fraction of sp³-hybridized carbons (Fsp3) is 0.400. The lowest BCUT2D eigenvalue weighted by atomic mass is 10.0. The Morgan fingerprint density at radius 2 is 2.35 bits per heavy atom. The van der Waals surface area contributed by atoms with E-state index in [0.717, 1.165) is 11.3 Å². The summed E-state index contributed by atoms with van der Waals surface area (Å²) in [6.07, 6.45) is 1.88. The van der Waals surface area contributed by atoms with Crippen LogP contribution < -0.4 is 0 Å². The molecule has 20 heavy (non-hydrogen) atoms. The highest BCUT2D eigenvalue weighted by molar-refractivity contribution is 5.21. The highest BCUT2D eigenvalue weighted by atomic mass is 19.1. The van der Waals surface area contributed by atoms with Gasteiger partial charge in [-0.15, -0.1) is 0 Å². The number of likely N-dealkylation sites (tertiary alicyclic amines) is 1. The molecule has 0 unspecified atom stereocenters. The standard InChI is InChI=1S/C15H17FN2O2/c1-10-7-17-15(20-10)9-18-8-13(19)6-14(18)11-3-2-4-12(16)5-11/h2-5,7,13-14,19H,6,8-9H2,1H3/t13-,14-/m0/s1. The minimum atomic E-state index is -0.403. The van der Waals surface area contributed by atoms with Gasteiger partial charge in [0.15, 0.2) is 0 Å². The van der Waals surface area contributed by atoms with Crippen molar-refractivity contribution < 1.29 is 13.9 Å². The summed E-state index contributed by atoms with van der Waals surface area (Å²) in [6, 6.07) is 6.53. The maximum Gasteiger partial charge on any atom is 0.208 e. The molecular weight excluding hydrogens is 259 g/mol. The van der Waals surface area contributed by atoms with E-state index in [-0.39, 0.29) is 11.9 Å². The van der Waals surface area contributed by atoms with Crippen LogP contribution in [0.2, 0.25) is 0 Å². The molecule has 106 valence electrons. The molecule has 1 fully saturated rings. The lowest BCUT2D eigenvalue weighted by Crippen LogP contribution is -2.24. The maximum absolute atomic E-state index is 13.4. The minimum absolute atomic E-state index is 0.00657.